The molecular formula is C6H13O5S2-. The van der Waals surface area contributed by atoms with Crippen molar-refractivity contribution >= 4 is 21.9 Å². The van der Waals surface area contributed by atoms with Gasteiger partial charge < -0.3 is 14.8 Å². The third-order valence-electron chi connectivity index (χ3n) is 1.34. The lowest BCUT2D eigenvalue weighted by molar-refractivity contribution is 0.113. The molecule has 0 heterocycles. The molecule has 2 unspecified atom stereocenters. The molecule has 0 aromatic carbocycles. The molecule has 2 N–H and O–H groups in total. The number of rotatable bonds is 6. The van der Waals surface area contributed by atoms with Gasteiger partial charge in [0, 0.05) is 5.75 Å². The van der Waals surface area contributed by atoms with E-state index in [1.807, 2.05) is 0 Å². The molecule has 0 saturated heterocycles. The van der Waals surface area contributed by atoms with Crippen molar-refractivity contribution in [3.05, 3.63) is 0 Å². The van der Waals surface area contributed by atoms with Gasteiger partial charge in [0.25, 0.3) is 0 Å². The molecule has 0 aliphatic heterocycles. The minimum absolute atomic E-state index is 0.0521. The molecule has 80 valence electrons. The van der Waals surface area contributed by atoms with Crippen molar-refractivity contribution in [3.63, 3.8) is 0 Å². The Morgan fingerprint density at radius 1 is 1.54 bits per heavy atom. The lowest BCUT2D eigenvalue weighted by Gasteiger charge is -2.19. The van der Waals surface area contributed by atoms with Crippen molar-refractivity contribution in [2.75, 3.05) is 12.4 Å². The van der Waals surface area contributed by atoms with E-state index in [0.717, 1.165) is 11.8 Å². The van der Waals surface area contributed by atoms with Crippen molar-refractivity contribution in [1.29, 1.82) is 0 Å². The summed E-state index contributed by atoms with van der Waals surface area (Å²) in [5.74, 6) is 0.0521. The largest absolute Gasteiger partial charge is 0.747 e. The Balaban J connectivity index is 4.01. The minimum atomic E-state index is -4.30. The summed E-state index contributed by atoms with van der Waals surface area (Å²) in [7, 11) is -4.30. The highest BCUT2D eigenvalue weighted by atomic mass is 32.3. The molecule has 0 bridgehead atoms. The van der Waals surface area contributed by atoms with Gasteiger partial charge in [-0.05, 0) is 6.42 Å². The predicted octanol–water partition coefficient (Wildman–Crippen LogP) is -0.646. The predicted molar refractivity (Wildman–Crippen MR) is 49.3 cm³/mol. The third kappa shape index (κ3) is 5.48. The summed E-state index contributed by atoms with van der Waals surface area (Å²) in [5, 5.41) is 17.3. The lowest BCUT2D eigenvalue weighted by Crippen LogP contribution is -2.21. The molecule has 7 heteroatoms. The van der Waals surface area contributed by atoms with Gasteiger partial charge in [0.15, 0.2) is 0 Å². The second-order valence-electron chi connectivity index (χ2n) is 2.50. The van der Waals surface area contributed by atoms with Gasteiger partial charge in [-0.2, -0.15) is 0 Å². The van der Waals surface area contributed by atoms with Crippen molar-refractivity contribution in [2.24, 2.45) is 0 Å². The van der Waals surface area contributed by atoms with Crippen molar-refractivity contribution in [2.45, 2.75) is 24.0 Å². The van der Waals surface area contributed by atoms with Crippen LogP contribution >= 0.6 is 11.8 Å². The second-order valence-corrected chi connectivity index (χ2v) is 5.59. The van der Waals surface area contributed by atoms with Crippen molar-refractivity contribution in [3.8, 4) is 0 Å². The normalized spacial score (nSPS) is 16.9. The molecule has 0 rings (SSSR count). The fraction of sp³-hybridized carbons (Fsp3) is 1.00. The zero-order valence-corrected chi connectivity index (χ0v) is 8.84. The zero-order chi connectivity index (χ0) is 10.5. The van der Waals surface area contributed by atoms with E-state index in [2.05, 4.69) is 0 Å². The van der Waals surface area contributed by atoms with Gasteiger partial charge in [-0.1, -0.05) is 6.92 Å². The van der Waals surface area contributed by atoms with E-state index >= 15 is 0 Å². The Kier molecular flexibility index (Phi) is 5.90. The molecule has 5 nitrogen and oxygen atoms in total. The standard InChI is InChI=1S/C6H14O5S2/c1-2-6(13(9,10)11)12-4-5(8)3-7/h5-8H,2-4H2,1H3,(H,9,10,11)/p-1. The summed E-state index contributed by atoms with van der Waals surface area (Å²) in [6, 6.07) is 0. The van der Waals surface area contributed by atoms with E-state index in [1.54, 1.807) is 6.92 Å². The number of aliphatic hydroxyl groups excluding tert-OH is 2. The summed E-state index contributed by atoms with van der Waals surface area (Å²) in [6.45, 7) is 1.15. The maximum absolute atomic E-state index is 10.5. The summed E-state index contributed by atoms with van der Waals surface area (Å²) < 4.78 is 30.6. The van der Waals surface area contributed by atoms with Crippen LogP contribution < -0.4 is 0 Å². The van der Waals surface area contributed by atoms with Crippen molar-refractivity contribution in [1.82, 2.24) is 0 Å². The van der Waals surface area contributed by atoms with E-state index < -0.39 is 27.4 Å². The van der Waals surface area contributed by atoms with E-state index in [1.165, 1.54) is 0 Å². The molecule has 0 saturated carbocycles. The van der Waals surface area contributed by atoms with Crippen LogP contribution in [0.25, 0.3) is 0 Å². The van der Waals surface area contributed by atoms with Gasteiger partial charge in [0.2, 0.25) is 0 Å². The minimum Gasteiger partial charge on any atom is -0.747 e. The molecule has 13 heavy (non-hydrogen) atoms. The molecule has 0 aromatic heterocycles. The smallest absolute Gasteiger partial charge is 0.107 e. The van der Waals surface area contributed by atoms with E-state index in [0.29, 0.717) is 0 Å². The van der Waals surface area contributed by atoms with E-state index in [4.69, 9.17) is 10.2 Å². The highest BCUT2D eigenvalue weighted by Gasteiger charge is 2.15. The molecule has 0 aliphatic carbocycles. The summed E-state index contributed by atoms with van der Waals surface area (Å²) in [6.07, 6.45) is -0.768. The van der Waals surface area contributed by atoms with Crippen LogP contribution in [0.2, 0.25) is 0 Å². The Hall–Kier alpha value is 0.180. The maximum atomic E-state index is 10.5. The summed E-state index contributed by atoms with van der Waals surface area (Å²) >= 11 is 0.851. The van der Waals surface area contributed by atoms with Crippen LogP contribution in [0.4, 0.5) is 0 Å². The lowest BCUT2D eigenvalue weighted by atomic mass is 10.4. The van der Waals surface area contributed by atoms with Gasteiger partial charge in [-0.15, -0.1) is 11.8 Å². The molecule has 0 aliphatic rings. The first-order chi connectivity index (χ1) is 5.91. The SMILES string of the molecule is CCC(SCC(O)CO)S(=O)(=O)[O-]. The van der Waals surface area contributed by atoms with Gasteiger partial charge >= 0.3 is 0 Å². The molecule has 0 spiro atoms. The van der Waals surface area contributed by atoms with Crippen LogP contribution in [-0.4, -0.2) is 46.2 Å². The Morgan fingerprint density at radius 2 is 2.08 bits per heavy atom. The number of hydrogen-bond acceptors (Lipinski definition) is 6. The Labute approximate surface area is 81.9 Å². The number of thioether (sulfide) groups is 1. The molecule has 0 fully saturated rings. The molecule has 0 amide bonds. The average molecular weight is 229 g/mol. The van der Waals surface area contributed by atoms with Crippen LogP contribution in [0.1, 0.15) is 13.3 Å². The van der Waals surface area contributed by atoms with Gasteiger partial charge in [-0.25, -0.2) is 8.42 Å². The van der Waals surface area contributed by atoms with Crippen LogP contribution in [-0.2, 0) is 10.1 Å². The first-order valence-electron chi connectivity index (χ1n) is 3.77. The van der Waals surface area contributed by atoms with Crippen LogP contribution in [0.3, 0.4) is 0 Å². The van der Waals surface area contributed by atoms with Gasteiger partial charge in [-0.3, -0.25) is 0 Å². The average Bonchev–Trinajstić information content (AvgIpc) is 2.02. The Morgan fingerprint density at radius 3 is 2.38 bits per heavy atom. The monoisotopic (exact) mass is 229 g/mol. The van der Waals surface area contributed by atoms with Gasteiger partial charge in [0.05, 0.1) is 17.3 Å². The third-order valence-corrected chi connectivity index (χ3v) is 4.72. The summed E-state index contributed by atoms with van der Waals surface area (Å²) in [5.41, 5.74) is 0. The quantitative estimate of drug-likeness (QED) is 0.588. The molecular weight excluding hydrogens is 216 g/mol. The number of hydrogen-bond donors (Lipinski definition) is 2. The molecule has 0 aromatic rings. The fourth-order valence-corrected chi connectivity index (χ4v) is 2.76. The molecule has 0 radical (unpaired) electrons. The Bertz CT molecular complexity index is 225. The highest BCUT2D eigenvalue weighted by Crippen LogP contribution is 2.20. The van der Waals surface area contributed by atoms with Crippen molar-refractivity contribution < 1.29 is 23.2 Å². The van der Waals surface area contributed by atoms with Crippen LogP contribution in [0, 0.1) is 0 Å². The second kappa shape index (κ2) is 5.82. The number of aliphatic hydroxyl groups is 2. The topological polar surface area (TPSA) is 97.7 Å². The van der Waals surface area contributed by atoms with E-state index in [9.17, 15) is 13.0 Å². The first kappa shape index (κ1) is 13.2. The van der Waals surface area contributed by atoms with Crippen LogP contribution in [0.15, 0.2) is 0 Å². The summed E-state index contributed by atoms with van der Waals surface area (Å²) in [4.78, 5) is 0. The maximum Gasteiger partial charge on any atom is 0.107 e. The zero-order valence-electron chi connectivity index (χ0n) is 7.21. The molecule has 2 atom stereocenters. The van der Waals surface area contributed by atoms with E-state index in [-0.39, 0.29) is 12.2 Å². The highest BCUT2D eigenvalue weighted by molar-refractivity contribution is 8.11. The fourth-order valence-electron chi connectivity index (χ4n) is 0.676. The van der Waals surface area contributed by atoms with Crippen LogP contribution in [0.5, 0.6) is 0 Å². The van der Waals surface area contributed by atoms with Gasteiger partial charge in [0.1, 0.15) is 10.1 Å². The first-order valence-corrected chi connectivity index (χ1v) is 6.29.